The number of rotatable bonds is 6. The summed E-state index contributed by atoms with van der Waals surface area (Å²) in [6, 6.07) is 13.2. The maximum atomic E-state index is 14.1. The largest absolute Gasteiger partial charge is 0.354 e. The van der Waals surface area contributed by atoms with Crippen molar-refractivity contribution in [3.63, 3.8) is 0 Å². The van der Waals surface area contributed by atoms with E-state index in [9.17, 15) is 9.59 Å². The van der Waals surface area contributed by atoms with Crippen LogP contribution in [0.25, 0.3) is 20.7 Å². The molecule has 2 fully saturated rings. The minimum Gasteiger partial charge on any atom is -0.354 e. The average Bonchev–Trinajstić information content (AvgIpc) is 3.69. The second-order valence-corrected chi connectivity index (χ2v) is 12.1. The lowest BCUT2D eigenvalue weighted by atomic mass is 9.98. The third kappa shape index (κ3) is 4.39. The molecule has 1 saturated carbocycles. The number of nitrogens with zero attached hydrogens (tertiary/aromatic N) is 4. The normalized spacial score (nSPS) is 20.5. The number of piperidine rings is 1. The number of fused-ring (bicyclic) bond motifs is 3. The Morgan fingerprint density at radius 1 is 1.19 bits per heavy atom. The van der Waals surface area contributed by atoms with Gasteiger partial charge in [0.05, 0.1) is 32.2 Å². The van der Waals surface area contributed by atoms with E-state index >= 15 is 0 Å². The van der Waals surface area contributed by atoms with Crippen molar-refractivity contribution in [2.24, 2.45) is 5.92 Å². The van der Waals surface area contributed by atoms with Gasteiger partial charge in [-0.3, -0.25) is 9.59 Å². The first-order valence-electron chi connectivity index (χ1n) is 12.3. The number of halogens is 1. The predicted molar refractivity (Wildman–Crippen MR) is 150 cm³/mol. The van der Waals surface area contributed by atoms with E-state index < -0.39 is 0 Å². The van der Waals surface area contributed by atoms with Crippen LogP contribution in [0.4, 0.5) is 5.13 Å². The number of hydrogen-bond acceptors (Lipinski definition) is 7. The molecule has 37 heavy (non-hydrogen) atoms. The Hall–Kier alpha value is -3.01. The second-order valence-electron chi connectivity index (χ2n) is 9.80. The van der Waals surface area contributed by atoms with Crippen LogP contribution in [0.15, 0.2) is 48.0 Å². The van der Waals surface area contributed by atoms with Gasteiger partial charge in [0.25, 0.3) is 11.8 Å². The maximum Gasteiger partial charge on any atom is 0.274 e. The zero-order valence-electron chi connectivity index (χ0n) is 20.5. The van der Waals surface area contributed by atoms with Gasteiger partial charge < -0.3 is 15.1 Å². The van der Waals surface area contributed by atoms with Gasteiger partial charge in [0.1, 0.15) is 5.69 Å². The van der Waals surface area contributed by atoms with Gasteiger partial charge in [0.15, 0.2) is 5.13 Å². The molecule has 2 aromatic heterocycles. The average molecular weight is 552 g/mol. The number of carbonyl (C=O) groups excluding carboxylic acids is 2. The van der Waals surface area contributed by atoms with Crippen molar-refractivity contribution in [1.82, 2.24) is 20.2 Å². The fourth-order valence-corrected chi connectivity index (χ4v) is 7.59. The zero-order valence-corrected chi connectivity index (χ0v) is 22.9. The van der Waals surface area contributed by atoms with Crippen LogP contribution in [-0.4, -0.2) is 59.4 Å². The highest BCUT2D eigenvalue weighted by Crippen LogP contribution is 2.44. The fourth-order valence-electron chi connectivity index (χ4n) is 5.62. The van der Waals surface area contributed by atoms with Crippen LogP contribution >= 0.6 is 34.3 Å². The summed E-state index contributed by atoms with van der Waals surface area (Å²) in [5.74, 6) is 0.165. The standard InChI is InChI=1S/C27H26ClN5O2S2/c1-32(2)27-31-22(23(37-27)16-5-3-6-17(28)11-16)26(35)33-18-10-9-15(12-18)21(33)13-29-25(34)19-7-4-8-20-24(19)36-14-30-20/h3-8,11,14-15,18,21H,9-10,12-13H2,1-2H3,(H,29,34)/t15-,18+,21-/m0/s1. The molecular formula is C27H26ClN5O2S2. The van der Waals surface area contributed by atoms with Gasteiger partial charge in [-0.2, -0.15) is 0 Å². The van der Waals surface area contributed by atoms with Crippen molar-refractivity contribution in [2.45, 2.75) is 31.3 Å². The SMILES string of the molecule is CN(C)c1nc(C(=O)N2[C@@H]3CC[C@@H](C3)[C@@H]2CNC(=O)c2cccc3ncsc23)c(-c2cccc(Cl)c2)s1. The molecule has 2 aliphatic rings. The highest BCUT2D eigenvalue weighted by atomic mass is 35.5. The molecule has 2 amide bonds. The molecule has 1 aliphatic heterocycles. The molecule has 3 heterocycles. The van der Waals surface area contributed by atoms with Crippen LogP contribution in [0.5, 0.6) is 0 Å². The van der Waals surface area contributed by atoms with Crippen molar-refractivity contribution in [3.05, 3.63) is 64.3 Å². The number of thiazole rings is 2. The lowest BCUT2D eigenvalue weighted by Gasteiger charge is -2.35. The Morgan fingerprint density at radius 2 is 2.03 bits per heavy atom. The lowest BCUT2D eigenvalue weighted by molar-refractivity contribution is 0.0578. The van der Waals surface area contributed by atoms with E-state index in [4.69, 9.17) is 16.6 Å². The minimum atomic E-state index is -0.131. The summed E-state index contributed by atoms with van der Waals surface area (Å²) in [7, 11) is 3.85. The molecule has 1 N–H and O–H groups in total. The molecule has 0 spiro atoms. The van der Waals surface area contributed by atoms with Crippen LogP contribution in [-0.2, 0) is 0 Å². The molecule has 1 saturated heterocycles. The summed E-state index contributed by atoms with van der Waals surface area (Å²) in [5.41, 5.74) is 4.54. The summed E-state index contributed by atoms with van der Waals surface area (Å²) < 4.78 is 0.880. The van der Waals surface area contributed by atoms with Crippen molar-refractivity contribution in [2.75, 3.05) is 25.5 Å². The molecule has 10 heteroatoms. The van der Waals surface area contributed by atoms with Gasteiger partial charge in [-0.15, -0.1) is 11.3 Å². The summed E-state index contributed by atoms with van der Waals surface area (Å²) in [5, 5.41) is 4.51. The molecule has 4 aromatic rings. The van der Waals surface area contributed by atoms with Crippen molar-refractivity contribution >= 4 is 61.4 Å². The van der Waals surface area contributed by atoms with E-state index in [1.54, 1.807) is 5.51 Å². The molecule has 7 nitrogen and oxygen atoms in total. The van der Waals surface area contributed by atoms with Crippen LogP contribution in [0.2, 0.25) is 5.02 Å². The van der Waals surface area contributed by atoms with Crippen LogP contribution in [0.1, 0.15) is 40.1 Å². The number of benzene rings is 2. The molecule has 6 rings (SSSR count). The number of hydrogen-bond donors (Lipinski definition) is 1. The van der Waals surface area contributed by atoms with Crippen molar-refractivity contribution < 1.29 is 9.59 Å². The molecule has 0 radical (unpaired) electrons. The summed E-state index contributed by atoms with van der Waals surface area (Å²) in [6.45, 7) is 0.415. The number of likely N-dealkylation sites (tertiary alicyclic amines) is 1. The second kappa shape index (κ2) is 9.70. The summed E-state index contributed by atoms with van der Waals surface area (Å²) >= 11 is 9.24. The summed E-state index contributed by atoms with van der Waals surface area (Å²) in [6.07, 6.45) is 3.02. The first-order chi connectivity index (χ1) is 17.9. The summed E-state index contributed by atoms with van der Waals surface area (Å²) in [4.78, 5) is 41.1. The maximum absolute atomic E-state index is 14.1. The molecule has 190 valence electrons. The first-order valence-corrected chi connectivity index (χ1v) is 14.3. The lowest BCUT2D eigenvalue weighted by Crippen LogP contribution is -2.50. The van der Waals surface area contributed by atoms with E-state index in [1.165, 1.54) is 22.7 Å². The minimum absolute atomic E-state index is 0.0624. The molecule has 3 atom stereocenters. The van der Waals surface area contributed by atoms with Crippen molar-refractivity contribution in [3.8, 4) is 10.4 Å². The Kier molecular flexibility index (Phi) is 6.38. The molecular weight excluding hydrogens is 526 g/mol. The molecule has 0 unspecified atom stereocenters. The number of carbonyl (C=O) groups is 2. The van der Waals surface area contributed by atoms with Gasteiger partial charge in [0.2, 0.25) is 0 Å². The Morgan fingerprint density at radius 3 is 2.84 bits per heavy atom. The monoisotopic (exact) mass is 551 g/mol. The Bertz CT molecular complexity index is 1500. The number of aromatic nitrogens is 2. The first kappa shape index (κ1) is 24.3. The van der Waals surface area contributed by atoms with Crippen molar-refractivity contribution in [1.29, 1.82) is 0 Å². The fraction of sp³-hybridized carbons (Fsp3) is 0.333. The van der Waals surface area contributed by atoms with E-state index in [0.717, 1.165) is 45.1 Å². The zero-order chi connectivity index (χ0) is 25.7. The van der Waals surface area contributed by atoms with Crippen LogP contribution in [0.3, 0.4) is 0 Å². The number of nitrogens with one attached hydrogen (secondary N) is 1. The van der Waals surface area contributed by atoms with Gasteiger partial charge in [0, 0.05) is 31.7 Å². The predicted octanol–water partition coefficient (Wildman–Crippen LogP) is 5.56. The van der Waals surface area contributed by atoms with Crippen LogP contribution < -0.4 is 10.2 Å². The van der Waals surface area contributed by atoms with E-state index in [0.29, 0.717) is 28.7 Å². The molecule has 2 bridgehead atoms. The number of anilines is 1. The Labute approximate surface area is 228 Å². The third-order valence-electron chi connectivity index (χ3n) is 7.34. The smallest absolute Gasteiger partial charge is 0.274 e. The highest BCUT2D eigenvalue weighted by Gasteiger charge is 2.49. The quantitative estimate of drug-likeness (QED) is 0.339. The molecule has 2 aromatic carbocycles. The van der Waals surface area contributed by atoms with Crippen LogP contribution in [0, 0.1) is 5.92 Å². The van der Waals surface area contributed by atoms with E-state index in [2.05, 4.69) is 10.3 Å². The molecule has 1 aliphatic carbocycles. The van der Waals surface area contributed by atoms with Gasteiger partial charge in [-0.25, -0.2) is 9.97 Å². The van der Waals surface area contributed by atoms with Gasteiger partial charge in [-0.1, -0.05) is 41.1 Å². The van der Waals surface area contributed by atoms with E-state index in [1.807, 2.05) is 66.4 Å². The van der Waals surface area contributed by atoms with Gasteiger partial charge in [-0.05, 0) is 55.0 Å². The number of amides is 2. The third-order valence-corrected chi connectivity index (χ3v) is 9.72. The topological polar surface area (TPSA) is 78.4 Å². The van der Waals surface area contributed by atoms with E-state index in [-0.39, 0.29) is 23.9 Å². The Balaban J connectivity index is 1.28. The highest BCUT2D eigenvalue weighted by molar-refractivity contribution is 7.19. The van der Waals surface area contributed by atoms with Gasteiger partial charge >= 0.3 is 0 Å².